The van der Waals surface area contributed by atoms with Crippen LogP contribution in [0.3, 0.4) is 0 Å². The van der Waals surface area contributed by atoms with Crippen LogP contribution in [0.1, 0.15) is 74.1 Å². The van der Waals surface area contributed by atoms with Gasteiger partial charge in [0.1, 0.15) is 0 Å². The Morgan fingerprint density at radius 2 is 1.53 bits per heavy atom. The molecule has 0 saturated carbocycles. The van der Waals surface area contributed by atoms with Gasteiger partial charge < -0.3 is 0 Å². The van der Waals surface area contributed by atoms with Crippen molar-refractivity contribution in [2.45, 2.75) is 74.1 Å². The monoisotopic (exact) mass is 212 g/mol. The summed E-state index contributed by atoms with van der Waals surface area (Å²) in [5, 5.41) is 0. The fourth-order valence-corrected chi connectivity index (χ4v) is 2.82. The summed E-state index contributed by atoms with van der Waals surface area (Å²) < 4.78 is 0. The lowest BCUT2D eigenvalue weighted by Gasteiger charge is -2.38. The largest absolute Gasteiger partial charge is 0.0654 e. The van der Waals surface area contributed by atoms with E-state index in [0.29, 0.717) is 5.41 Å². The normalized spacial score (nSPS) is 15.0. The number of hydrogen-bond acceptors (Lipinski definition) is 0. The molecule has 0 rings (SSSR count). The quantitative estimate of drug-likeness (QED) is 0.521. The van der Waals surface area contributed by atoms with Crippen LogP contribution in [0.5, 0.6) is 0 Å². The molecule has 0 aromatic heterocycles. The lowest BCUT2D eigenvalue weighted by molar-refractivity contribution is 0.116. The average Bonchev–Trinajstić information content (AvgIpc) is 2.10. The van der Waals surface area contributed by atoms with Crippen molar-refractivity contribution in [2.75, 3.05) is 0 Å². The summed E-state index contributed by atoms with van der Waals surface area (Å²) in [6.07, 6.45) is 5.48. The maximum Gasteiger partial charge on any atom is -0.0323 e. The molecular weight excluding hydrogens is 180 g/mol. The SMILES string of the molecule is CCCCC(C)(C)C(CC(C)C)C(C)C. The molecule has 1 atom stereocenters. The zero-order valence-corrected chi connectivity index (χ0v) is 12.1. The molecule has 0 aromatic carbocycles. The third-order valence-electron chi connectivity index (χ3n) is 3.71. The van der Waals surface area contributed by atoms with Gasteiger partial charge in [-0.05, 0) is 36.0 Å². The van der Waals surface area contributed by atoms with Crippen molar-refractivity contribution >= 4 is 0 Å². The fraction of sp³-hybridized carbons (Fsp3) is 1.00. The highest BCUT2D eigenvalue weighted by Crippen LogP contribution is 2.40. The smallest absolute Gasteiger partial charge is 0.0323 e. The van der Waals surface area contributed by atoms with E-state index >= 15 is 0 Å². The average molecular weight is 212 g/mol. The third kappa shape index (κ3) is 5.58. The highest BCUT2D eigenvalue weighted by molar-refractivity contribution is 4.81. The molecule has 0 bridgehead atoms. The first-order chi connectivity index (χ1) is 6.81. The maximum atomic E-state index is 2.47. The van der Waals surface area contributed by atoms with Crippen LogP contribution in [0.15, 0.2) is 0 Å². The highest BCUT2D eigenvalue weighted by atomic mass is 14.4. The standard InChI is InChI=1S/C15H32/c1-8-9-10-15(6,7)14(13(4)5)11-12(2)3/h12-14H,8-11H2,1-7H3. The number of unbranched alkanes of at least 4 members (excludes halogenated alkanes) is 1. The van der Waals surface area contributed by atoms with E-state index in [0.717, 1.165) is 17.8 Å². The van der Waals surface area contributed by atoms with E-state index in [1.165, 1.54) is 25.7 Å². The Morgan fingerprint density at radius 3 is 1.87 bits per heavy atom. The number of hydrogen-bond donors (Lipinski definition) is 0. The first-order valence-corrected chi connectivity index (χ1v) is 6.81. The molecule has 92 valence electrons. The molecule has 0 fully saturated rings. The maximum absolute atomic E-state index is 2.47. The second-order valence-corrected chi connectivity index (χ2v) is 6.57. The minimum atomic E-state index is 0.522. The molecule has 0 N–H and O–H groups in total. The van der Waals surface area contributed by atoms with Gasteiger partial charge in [0.05, 0.1) is 0 Å². The predicted molar refractivity (Wildman–Crippen MR) is 71.1 cm³/mol. The Bertz CT molecular complexity index is 153. The second-order valence-electron chi connectivity index (χ2n) is 6.57. The molecule has 0 amide bonds. The van der Waals surface area contributed by atoms with Gasteiger partial charge in [-0.1, -0.05) is 61.3 Å². The number of rotatable bonds is 7. The van der Waals surface area contributed by atoms with Crippen LogP contribution in [0.25, 0.3) is 0 Å². The van der Waals surface area contributed by atoms with Gasteiger partial charge >= 0.3 is 0 Å². The van der Waals surface area contributed by atoms with Gasteiger partial charge in [-0.3, -0.25) is 0 Å². The summed E-state index contributed by atoms with van der Waals surface area (Å²) in [6, 6.07) is 0. The summed E-state index contributed by atoms with van der Waals surface area (Å²) in [7, 11) is 0. The summed E-state index contributed by atoms with van der Waals surface area (Å²) in [4.78, 5) is 0. The van der Waals surface area contributed by atoms with Crippen molar-refractivity contribution in [1.29, 1.82) is 0 Å². The van der Waals surface area contributed by atoms with Gasteiger partial charge in [0, 0.05) is 0 Å². The van der Waals surface area contributed by atoms with Gasteiger partial charge in [0.2, 0.25) is 0 Å². The van der Waals surface area contributed by atoms with Crippen LogP contribution in [-0.2, 0) is 0 Å². The van der Waals surface area contributed by atoms with Crippen LogP contribution in [0.4, 0.5) is 0 Å². The lowest BCUT2D eigenvalue weighted by Crippen LogP contribution is -2.29. The molecule has 0 aliphatic carbocycles. The van der Waals surface area contributed by atoms with E-state index in [4.69, 9.17) is 0 Å². The zero-order chi connectivity index (χ0) is 12.1. The zero-order valence-electron chi connectivity index (χ0n) is 12.1. The van der Waals surface area contributed by atoms with E-state index in [-0.39, 0.29) is 0 Å². The molecule has 0 radical (unpaired) electrons. The third-order valence-corrected chi connectivity index (χ3v) is 3.71. The summed E-state index contributed by atoms with van der Waals surface area (Å²) in [6.45, 7) is 16.7. The lowest BCUT2D eigenvalue weighted by atomic mass is 9.67. The van der Waals surface area contributed by atoms with Crippen LogP contribution in [0, 0.1) is 23.2 Å². The Morgan fingerprint density at radius 1 is 1.00 bits per heavy atom. The summed E-state index contributed by atoms with van der Waals surface area (Å²) in [5.74, 6) is 2.53. The van der Waals surface area contributed by atoms with Crippen LogP contribution in [-0.4, -0.2) is 0 Å². The van der Waals surface area contributed by atoms with E-state index in [9.17, 15) is 0 Å². The first kappa shape index (κ1) is 15.0. The molecule has 0 aliphatic heterocycles. The molecule has 1 unspecified atom stereocenters. The van der Waals surface area contributed by atoms with E-state index in [2.05, 4.69) is 48.5 Å². The van der Waals surface area contributed by atoms with Gasteiger partial charge in [-0.15, -0.1) is 0 Å². The van der Waals surface area contributed by atoms with Crippen LogP contribution >= 0.6 is 0 Å². The van der Waals surface area contributed by atoms with Gasteiger partial charge in [-0.25, -0.2) is 0 Å². The molecule has 0 saturated heterocycles. The molecule has 0 heterocycles. The fourth-order valence-electron chi connectivity index (χ4n) is 2.82. The van der Waals surface area contributed by atoms with Crippen molar-refractivity contribution in [3.05, 3.63) is 0 Å². The van der Waals surface area contributed by atoms with Crippen molar-refractivity contribution in [3.63, 3.8) is 0 Å². The summed E-state index contributed by atoms with van der Waals surface area (Å²) >= 11 is 0. The first-order valence-electron chi connectivity index (χ1n) is 6.81. The van der Waals surface area contributed by atoms with Crippen molar-refractivity contribution in [1.82, 2.24) is 0 Å². The summed E-state index contributed by atoms with van der Waals surface area (Å²) in [5.41, 5.74) is 0.522. The van der Waals surface area contributed by atoms with Crippen LogP contribution in [0.2, 0.25) is 0 Å². The topological polar surface area (TPSA) is 0 Å². The minimum absolute atomic E-state index is 0.522. The highest BCUT2D eigenvalue weighted by Gasteiger charge is 2.31. The Kier molecular flexibility index (Phi) is 6.55. The second kappa shape index (κ2) is 6.55. The van der Waals surface area contributed by atoms with Crippen molar-refractivity contribution in [3.8, 4) is 0 Å². The molecule has 0 nitrogen and oxygen atoms in total. The van der Waals surface area contributed by atoms with Gasteiger partial charge in [0.15, 0.2) is 0 Å². The Labute approximate surface area is 97.8 Å². The molecule has 0 spiro atoms. The predicted octanol–water partition coefficient (Wildman–Crippen LogP) is 5.52. The Hall–Kier alpha value is 0. The molecule has 0 heteroatoms. The molecule has 0 aliphatic rings. The molecular formula is C15H32. The van der Waals surface area contributed by atoms with Crippen molar-refractivity contribution in [2.24, 2.45) is 23.2 Å². The Balaban J connectivity index is 4.43. The minimum Gasteiger partial charge on any atom is -0.0654 e. The molecule has 15 heavy (non-hydrogen) atoms. The van der Waals surface area contributed by atoms with Crippen LogP contribution < -0.4 is 0 Å². The van der Waals surface area contributed by atoms with E-state index in [1.54, 1.807) is 0 Å². The van der Waals surface area contributed by atoms with Crippen molar-refractivity contribution < 1.29 is 0 Å². The van der Waals surface area contributed by atoms with E-state index < -0.39 is 0 Å². The van der Waals surface area contributed by atoms with Gasteiger partial charge in [-0.2, -0.15) is 0 Å². The van der Waals surface area contributed by atoms with Gasteiger partial charge in [0.25, 0.3) is 0 Å². The van der Waals surface area contributed by atoms with E-state index in [1.807, 2.05) is 0 Å². The molecule has 0 aromatic rings.